The van der Waals surface area contributed by atoms with Crippen LogP contribution in [0.2, 0.25) is 0 Å². The summed E-state index contributed by atoms with van der Waals surface area (Å²) in [5, 5.41) is 4.83. The van der Waals surface area contributed by atoms with Gasteiger partial charge in [-0.15, -0.1) is 0 Å². The van der Waals surface area contributed by atoms with Crippen molar-refractivity contribution in [1.29, 1.82) is 0 Å². The molecule has 2 heterocycles. The lowest BCUT2D eigenvalue weighted by atomic mass is 10.0. The van der Waals surface area contributed by atoms with Gasteiger partial charge in [-0.3, -0.25) is 0 Å². The van der Waals surface area contributed by atoms with E-state index in [2.05, 4.69) is 47.4 Å². The number of rotatable bonds is 4. The topological polar surface area (TPSA) is 31.1 Å². The lowest BCUT2D eigenvalue weighted by Crippen LogP contribution is -2.43. The lowest BCUT2D eigenvalue weighted by Gasteiger charge is -2.26. The zero-order valence-electron chi connectivity index (χ0n) is 12.6. The number of piperazine rings is 1. The summed E-state index contributed by atoms with van der Waals surface area (Å²) in [5.41, 5.74) is 5.50. The van der Waals surface area contributed by atoms with Crippen LogP contribution in [-0.2, 0) is 6.42 Å². The Labute approximate surface area is 121 Å². The third-order valence-electron chi connectivity index (χ3n) is 4.35. The fourth-order valence-electron chi connectivity index (χ4n) is 3.28. The summed E-state index contributed by atoms with van der Waals surface area (Å²) in [7, 11) is 0. The summed E-state index contributed by atoms with van der Waals surface area (Å²) < 4.78 is 0. The Kier molecular flexibility index (Phi) is 4.08. The van der Waals surface area contributed by atoms with Gasteiger partial charge in [-0.25, -0.2) is 0 Å². The van der Waals surface area contributed by atoms with Crippen molar-refractivity contribution < 1.29 is 0 Å². The highest BCUT2D eigenvalue weighted by Gasteiger charge is 2.10. The van der Waals surface area contributed by atoms with Crippen molar-refractivity contribution in [2.75, 3.05) is 32.7 Å². The fourth-order valence-corrected chi connectivity index (χ4v) is 3.28. The maximum atomic E-state index is 3.45. The van der Waals surface area contributed by atoms with E-state index in [-0.39, 0.29) is 0 Å². The van der Waals surface area contributed by atoms with Crippen LogP contribution in [-0.4, -0.2) is 42.6 Å². The Morgan fingerprint density at radius 2 is 1.95 bits per heavy atom. The monoisotopic (exact) mass is 271 g/mol. The van der Waals surface area contributed by atoms with E-state index in [9.17, 15) is 0 Å². The number of nitrogens with zero attached hydrogens (tertiary/aromatic N) is 1. The van der Waals surface area contributed by atoms with Gasteiger partial charge in [0.25, 0.3) is 0 Å². The first kappa shape index (κ1) is 13.7. The van der Waals surface area contributed by atoms with Crippen molar-refractivity contribution in [1.82, 2.24) is 15.2 Å². The van der Waals surface area contributed by atoms with E-state index in [0.29, 0.717) is 0 Å². The summed E-state index contributed by atoms with van der Waals surface area (Å²) in [6.07, 6.45) is 4.63. The van der Waals surface area contributed by atoms with Crippen molar-refractivity contribution in [3.63, 3.8) is 0 Å². The lowest BCUT2D eigenvalue weighted by molar-refractivity contribution is 0.238. The zero-order chi connectivity index (χ0) is 13.9. The molecule has 1 fully saturated rings. The van der Waals surface area contributed by atoms with Gasteiger partial charge in [0.2, 0.25) is 0 Å². The quantitative estimate of drug-likeness (QED) is 0.895. The molecule has 3 nitrogen and oxygen atoms in total. The molecule has 3 heteroatoms. The predicted octanol–water partition coefficient (Wildman–Crippen LogP) is 2.62. The maximum Gasteiger partial charge on any atom is 0.0486 e. The molecule has 0 spiro atoms. The van der Waals surface area contributed by atoms with Crippen LogP contribution in [0.15, 0.2) is 18.3 Å². The van der Waals surface area contributed by atoms with Gasteiger partial charge in [-0.2, -0.15) is 0 Å². The normalized spacial score (nSPS) is 16.9. The van der Waals surface area contributed by atoms with Crippen LogP contribution in [0, 0.1) is 13.8 Å². The highest BCUT2D eigenvalue weighted by atomic mass is 15.2. The molecule has 1 saturated heterocycles. The number of hydrogen-bond acceptors (Lipinski definition) is 2. The smallest absolute Gasteiger partial charge is 0.0486 e. The Bertz CT molecular complexity index is 579. The molecular formula is C17H25N3. The second-order valence-corrected chi connectivity index (χ2v) is 6.01. The number of hydrogen-bond donors (Lipinski definition) is 2. The highest BCUT2D eigenvalue weighted by Crippen LogP contribution is 2.24. The van der Waals surface area contributed by atoms with Gasteiger partial charge in [0.1, 0.15) is 0 Å². The Morgan fingerprint density at radius 1 is 1.15 bits per heavy atom. The van der Waals surface area contributed by atoms with E-state index in [1.165, 1.54) is 60.1 Å². The number of H-pyrrole nitrogens is 1. The molecule has 0 aliphatic carbocycles. The van der Waals surface area contributed by atoms with Gasteiger partial charge in [0, 0.05) is 43.3 Å². The number of aromatic nitrogens is 1. The molecule has 0 unspecified atom stereocenters. The van der Waals surface area contributed by atoms with Crippen LogP contribution >= 0.6 is 0 Å². The van der Waals surface area contributed by atoms with E-state index in [4.69, 9.17) is 0 Å². The Morgan fingerprint density at radius 3 is 2.75 bits per heavy atom. The number of benzene rings is 1. The van der Waals surface area contributed by atoms with E-state index in [1.54, 1.807) is 0 Å². The molecule has 0 radical (unpaired) electrons. The van der Waals surface area contributed by atoms with Crippen LogP contribution in [0.4, 0.5) is 0 Å². The summed E-state index contributed by atoms with van der Waals surface area (Å²) in [6, 6.07) is 4.57. The molecule has 20 heavy (non-hydrogen) atoms. The Hall–Kier alpha value is -1.32. The number of aryl methyl sites for hydroxylation is 3. The Balaban J connectivity index is 1.65. The molecule has 2 aromatic rings. The summed E-state index contributed by atoms with van der Waals surface area (Å²) in [4.78, 5) is 6.02. The molecule has 1 aromatic heterocycles. The van der Waals surface area contributed by atoms with Crippen molar-refractivity contribution in [3.05, 3.63) is 35.0 Å². The fraction of sp³-hybridized carbons (Fsp3) is 0.529. The third-order valence-corrected chi connectivity index (χ3v) is 4.35. The molecule has 0 amide bonds. The average Bonchev–Trinajstić information content (AvgIpc) is 2.83. The SMILES string of the molecule is Cc1cc(C)c2[nH]cc(CCCN3CCNCC3)c2c1. The van der Waals surface area contributed by atoms with Crippen LogP contribution in [0.1, 0.15) is 23.1 Å². The zero-order valence-corrected chi connectivity index (χ0v) is 12.6. The molecule has 0 saturated carbocycles. The van der Waals surface area contributed by atoms with Crippen molar-refractivity contribution in [2.24, 2.45) is 0 Å². The molecule has 1 aliphatic heterocycles. The number of fused-ring (bicyclic) bond motifs is 1. The predicted molar refractivity (Wildman–Crippen MR) is 85.4 cm³/mol. The molecule has 1 aliphatic rings. The van der Waals surface area contributed by atoms with Gasteiger partial charge in [0.15, 0.2) is 0 Å². The molecule has 3 rings (SSSR count). The van der Waals surface area contributed by atoms with Gasteiger partial charge in [0.05, 0.1) is 0 Å². The molecule has 0 bridgehead atoms. The van der Waals surface area contributed by atoms with E-state index in [0.717, 1.165) is 13.1 Å². The molecular weight excluding hydrogens is 246 g/mol. The highest BCUT2D eigenvalue weighted by molar-refractivity contribution is 5.86. The summed E-state index contributed by atoms with van der Waals surface area (Å²) in [6.45, 7) is 10.3. The van der Waals surface area contributed by atoms with E-state index in [1.807, 2.05) is 0 Å². The van der Waals surface area contributed by atoms with Crippen LogP contribution in [0.3, 0.4) is 0 Å². The minimum atomic E-state index is 1.14. The van der Waals surface area contributed by atoms with Crippen LogP contribution in [0.25, 0.3) is 10.9 Å². The van der Waals surface area contributed by atoms with Gasteiger partial charge in [-0.05, 0) is 50.4 Å². The van der Waals surface area contributed by atoms with Crippen molar-refractivity contribution in [2.45, 2.75) is 26.7 Å². The second-order valence-electron chi connectivity index (χ2n) is 6.01. The minimum Gasteiger partial charge on any atom is -0.361 e. The average molecular weight is 271 g/mol. The molecule has 2 N–H and O–H groups in total. The van der Waals surface area contributed by atoms with Gasteiger partial charge in [-0.1, -0.05) is 11.6 Å². The molecule has 108 valence electrons. The van der Waals surface area contributed by atoms with Crippen molar-refractivity contribution in [3.8, 4) is 0 Å². The molecule has 1 aromatic carbocycles. The third kappa shape index (κ3) is 2.89. The summed E-state index contributed by atoms with van der Waals surface area (Å²) >= 11 is 0. The summed E-state index contributed by atoms with van der Waals surface area (Å²) in [5.74, 6) is 0. The van der Waals surface area contributed by atoms with Gasteiger partial charge < -0.3 is 15.2 Å². The van der Waals surface area contributed by atoms with E-state index < -0.39 is 0 Å². The first-order valence-corrected chi connectivity index (χ1v) is 7.74. The van der Waals surface area contributed by atoms with E-state index >= 15 is 0 Å². The first-order valence-electron chi connectivity index (χ1n) is 7.74. The first-order chi connectivity index (χ1) is 9.74. The second kappa shape index (κ2) is 5.98. The van der Waals surface area contributed by atoms with Crippen LogP contribution < -0.4 is 5.32 Å². The number of nitrogens with one attached hydrogen (secondary N) is 2. The van der Waals surface area contributed by atoms with Gasteiger partial charge >= 0.3 is 0 Å². The number of aromatic amines is 1. The maximum absolute atomic E-state index is 3.45. The minimum absolute atomic E-state index is 1.14. The van der Waals surface area contributed by atoms with Crippen LogP contribution in [0.5, 0.6) is 0 Å². The standard InChI is InChI=1S/C17H25N3/c1-13-10-14(2)17-16(11-13)15(12-19-17)4-3-7-20-8-5-18-6-9-20/h10-12,18-19H,3-9H2,1-2H3. The van der Waals surface area contributed by atoms with Crippen molar-refractivity contribution >= 4 is 10.9 Å². The molecule has 0 atom stereocenters. The largest absolute Gasteiger partial charge is 0.361 e.